The summed E-state index contributed by atoms with van der Waals surface area (Å²) >= 11 is 8.14. The molecule has 0 unspecified atom stereocenters. The van der Waals surface area contributed by atoms with Gasteiger partial charge in [-0.25, -0.2) is 0 Å². The van der Waals surface area contributed by atoms with E-state index in [9.17, 15) is 9.90 Å². The van der Waals surface area contributed by atoms with Crippen molar-refractivity contribution in [1.82, 2.24) is 0 Å². The van der Waals surface area contributed by atoms with Crippen LogP contribution in [-0.4, -0.2) is 8.11 Å². The predicted molar refractivity (Wildman–Crippen MR) is 34.5 cm³/mol. The molecule has 0 N–H and O–H groups in total. The number of carboxylic acids is 1. The van der Waals surface area contributed by atoms with Crippen molar-refractivity contribution in [2.75, 3.05) is 0 Å². The summed E-state index contributed by atoms with van der Waals surface area (Å²) in [6.45, 7) is 0. The van der Waals surface area contributed by atoms with Crippen molar-refractivity contribution in [3.05, 3.63) is 0 Å². The Morgan fingerprint density at radius 2 is 1.57 bits per heavy atom. The number of carboxylic acid groups (broad SMARTS) is 1. The number of rotatable bonds is 0. The van der Waals surface area contributed by atoms with Crippen LogP contribution in [0.3, 0.4) is 0 Å². The maximum Gasteiger partial charge on any atom is 0.173 e. The Balaban J connectivity index is 3.79. The molecule has 2 nitrogen and oxygen atoms in total. The van der Waals surface area contributed by atoms with Gasteiger partial charge >= 0.3 is 0 Å². The Morgan fingerprint density at radius 3 is 1.57 bits per heavy atom. The molecule has 5 heteroatoms. The average Bonchev–Trinajstić information content (AvgIpc) is 1.31. The van der Waals surface area contributed by atoms with Gasteiger partial charge in [0.1, 0.15) is 0 Å². The summed E-state index contributed by atoms with van der Waals surface area (Å²) < 4.78 is -1.26. The molecule has 0 bridgehead atoms. The zero-order chi connectivity index (χ0) is 6.08. The van der Waals surface area contributed by atoms with E-state index < -0.39 is 8.11 Å². The lowest BCUT2D eigenvalue weighted by atomic mass is 10.8. The second-order valence-corrected chi connectivity index (χ2v) is 7.55. The van der Waals surface area contributed by atoms with E-state index >= 15 is 0 Å². The third kappa shape index (κ3) is 3.49. The summed E-state index contributed by atoms with van der Waals surface area (Å²) in [4.78, 5) is 9.77. The van der Waals surface area contributed by atoms with E-state index in [2.05, 4.69) is 47.8 Å². The second kappa shape index (κ2) is 2.46. The van der Waals surface area contributed by atoms with Gasteiger partial charge in [-0.2, -0.15) is 0 Å². The zero-order valence-corrected chi connectivity index (χ0v) is 7.71. The van der Waals surface area contributed by atoms with Crippen LogP contribution in [0.5, 0.6) is 0 Å². The lowest BCUT2D eigenvalue weighted by molar-refractivity contribution is -0.302. The molecule has 0 rings (SSSR count). The van der Waals surface area contributed by atoms with Gasteiger partial charge in [0.15, 0.2) is 2.14 Å². The molecular formula is C2Br3O2-. The molecule has 0 radical (unpaired) electrons. The highest BCUT2D eigenvalue weighted by Gasteiger charge is 2.17. The summed E-state index contributed by atoms with van der Waals surface area (Å²) in [7, 11) is 0. The lowest BCUT2D eigenvalue weighted by Crippen LogP contribution is -2.34. The highest BCUT2D eigenvalue weighted by atomic mass is 80.0. The topological polar surface area (TPSA) is 40.1 Å². The first-order chi connectivity index (χ1) is 2.94. The van der Waals surface area contributed by atoms with Crippen LogP contribution < -0.4 is 5.11 Å². The minimum Gasteiger partial charge on any atom is -0.547 e. The van der Waals surface area contributed by atoms with Gasteiger partial charge in [-0.05, 0) is 0 Å². The monoisotopic (exact) mass is 293 g/mol. The van der Waals surface area contributed by atoms with Gasteiger partial charge in [0, 0.05) is 0 Å². The molecule has 0 aliphatic heterocycles. The van der Waals surface area contributed by atoms with Crippen molar-refractivity contribution in [2.45, 2.75) is 2.14 Å². The molecule has 0 atom stereocenters. The third-order valence-corrected chi connectivity index (χ3v) is 1.20. The minimum atomic E-state index is -1.26. The van der Waals surface area contributed by atoms with E-state index in [0.29, 0.717) is 0 Å². The number of aliphatic carboxylic acids is 1. The van der Waals surface area contributed by atoms with Gasteiger partial charge < -0.3 is 9.90 Å². The van der Waals surface area contributed by atoms with E-state index in [1.54, 1.807) is 0 Å². The van der Waals surface area contributed by atoms with Gasteiger partial charge in [-0.3, -0.25) is 0 Å². The van der Waals surface area contributed by atoms with Crippen molar-refractivity contribution in [1.29, 1.82) is 0 Å². The molecule has 42 valence electrons. The Labute approximate surface area is 65.7 Å². The maximum atomic E-state index is 9.77. The van der Waals surface area contributed by atoms with Crippen LogP contribution in [0.15, 0.2) is 0 Å². The maximum absolute atomic E-state index is 9.77. The fourth-order valence-electron chi connectivity index (χ4n) is 0. The molecule has 0 amide bonds. The first kappa shape index (κ1) is 7.91. The van der Waals surface area contributed by atoms with Crippen LogP contribution >= 0.6 is 47.8 Å². The van der Waals surface area contributed by atoms with E-state index in [1.807, 2.05) is 0 Å². The number of hydrogen-bond donors (Lipinski definition) is 0. The smallest absolute Gasteiger partial charge is 0.173 e. The van der Waals surface area contributed by atoms with Crippen LogP contribution in [0.2, 0.25) is 0 Å². The van der Waals surface area contributed by atoms with Crippen LogP contribution in [0.4, 0.5) is 0 Å². The minimum absolute atomic E-state index is 1.26. The van der Waals surface area contributed by atoms with Crippen molar-refractivity contribution < 1.29 is 9.90 Å². The Kier molecular flexibility index (Phi) is 2.78. The van der Waals surface area contributed by atoms with Crippen molar-refractivity contribution in [3.8, 4) is 0 Å². The van der Waals surface area contributed by atoms with Crippen molar-refractivity contribution in [3.63, 3.8) is 0 Å². The quantitative estimate of drug-likeness (QED) is 0.613. The molecule has 0 spiro atoms. The molecule has 0 heterocycles. The second-order valence-electron chi connectivity index (χ2n) is 0.785. The number of hydrogen-bond acceptors (Lipinski definition) is 2. The van der Waals surface area contributed by atoms with E-state index in [1.165, 1.54) is 0 Å². The molecule has 7 heavy (non-hydrogen) atoms. The fourth-order valence-corrected chi connectivity index (χ4v) is 0. The van der Waals surface area contributed by atoms with E-state index in [4.69, 9.17) is 0 Å². The molecule has 0 aromatic rings. The lowest BCUT2D eigenvalue weighted by Gasteiger charge is -2.10. The van der Waals surface area contributed by atoms with E-state index in [0.717, 1.165) is 0 Å². The third-order valence-electron chi connectivity index (χ3n) is 0.231. The first-order valence-corrected chi connectivity index (χ1v) is 3.60. The highest BCUT2D eigenvalue weighted by Crippen LogP contribution is 2.32. The SMILES string of the molecule is O=C([O-])C(Br)(Br)Br. The molecule has 0 aromatic carbocycles. The first-order valence-electron chi connectivity index (χ1n) is 1.23. The highest BCUT2D eigenvalue weighted by molar-refractivity contribution is 9.40. The molecular weight excluding hydrogens is 296 g/mol. The van der Waals surface area contributed by atoms with Gasteiger partial charge in [0.05, 0.1) is 5.97 Å². The van der Waals surface area contributed by atoms with Crippen LogP contribution in [-0.2, 0) is 4.79 Å². The fraction of sp³-hybridized carbons (Fsp3) is 0.500. The van der Waals surface area contributed by atoms with Crippen LogP contribution in [0, 0.1) is 0 Å². The number of alkyl halides is 3. The standard InChI is InChI=1S/C2HBr3O2/c3-2(4,5)1(6)7/h(H,6,7)/p-1. The molecule has 0 saturated heterocycles. The summed E-state index contributed by atoms with van der Waals surface area (Å²) in [5.41, 5.74) is 0. The molecule has 0 aromatic heterocycles. The summed E-state index contributed by atoms with van der Waals surface area (Å²) in [5, 5.41) is 9.77. The predicted octanol–water partition coefficient (Wildman–Crippen LogP) is 0.575. The normalized spacial score (nSPS) is 11.3. The van der Waals surface area contributed by atoms with Gasteiger partial charge in [0.2, 0.25) is 0 Å². The van der Waals surface area contributed by atoms with E-state index in [-0.39, 0.29) is 0 Å². The summed E-state index contributed by atoms with van der Waals surface area (Å²) in [6, 6.07) is 0. The molecule has 0 aliphatic rings. The van der Waals surface area contributed by atoms with Crippen molar-refractivity contribution in [2.24, 2.45) is 0 Å². The largest absolute Gasteiger partial charge is 0.547 e. The summed E-state index contributed by atoms with van der Waals surface area (Å²) in [5.74, 6) is -1.26. The van der Waals surface area contributed by atoms with Crippen molar-refractivity contribution >= 4 is 53.8 Å². The average molecular weight is 296 g/mol. The summed E-state index contributed by atoms with van der Waals surface area (Å²) in [6.07, 6.45) is 0. The zero-order valence-electron chi connectivity index (χ0n) is 2.95. The molecule has 0 fully saturated rings. The Hall–Kier alpha value is 0.910. The Bertz CT molecular complexity index is 83.4. The van der Waals surface area contributed by atoms with Crippen LogP contribution in [0.25, 0.3) is 0 Å². The van der Waals surface area contributed by atoms with Gasteiger partial charge in [0.25, 0.3) is 0 Å². The molecule has 0 aliphatic carbocycles. The number of carbonyl (C=O) groups is 1. The molecule has 0 saturated carbocycles. The van der Waals surface area contributed by atoms with Crippen LogP contribution in [0.1, 0.15) is 0 Å². The Morgan fingerprint density at radius 1 is 1.43 bits per heavy atom. The number of carbonyl (C=O) groups excluding carboxylic acids is 1. The number of halogens is 3. The van der Waals surface area contributed by atoms with Gasteiger partial charge in [-0.15, -0.1) is 0 Å². The van der Waals surface area contributed by atoms with Gasteiger partial charge in [-0.1, -0.05) is 47.8 Å².